The second kappa shape index (κ2) is 8.89. The number of piperidine rings is 1. The molecule has 36 heavy (non-hydrogen) atoms. The maximum atomic E-state index is 6.23. The van der Waals surface area contributed by atoms with Crippen LogP contribution in [0.25, 0.3) is 54.9 Å². The van der Waals surface area contributed by atoms with E-state index in [1.54, 1.807) is 17.5 Å². The van der Waals surface area contributed by atoms with Crippen LogP contribution in [0.1, 0.15) is 12.8 Å². The summed E-state index contributed by atoms with van der Waals surface area (Å²) in [6.45, 7) is 1.99. The van der Waals surface area contributed by atoms with Crippen molar-refractivity contribution in [2.45, 2.75) is 18.9 Å². The summed E-state index contributed by atoms with van der Waals surface area (Å²) in [5, 5.41) is 15.4. The van der Waals surface area contributed by atoms with Crippen LogP contribution in [-0.2, 0) is 0 Å². The topological polar surface area (TPSA) is 91.5 Å². The Hall–Kier alpha value is -4.01. The number of rotatable bonds is 5. The van der Waals surface area contributed by atoms with Crippen LogP contribution >= 0.6 is 11.3 Å². The molecule has 0 bridgehead atoms. The fourth-order valence-corrected chi connectivity index (χ4v) is 5.71. The number of ether oxygens (including phenoxy) is 1. The smallest absolute Gasteiger partial charge is 0.138 e. The maximum absolute atomic E-state index is 6.23. The Morgan fingerprint density at radius 2 is 1.89 bits per heavy atom. The van der Waals surface area contributed by atoms with Crippen LogP contribution in [0.2, 0.25) is 0 Å². The standard InChI is InChI=1S/C28H24N6OS/c1-2-26(36-11-1)21-7-10-31-28-22(21)14-25(32-28)27-23-13-17(3-4-24(23)33-34-27)18-12-20(16-30-15-18)35-19-5-8-29-9-6-19/h1-4,7,10-16,19,29H,5-6,8-9H2,(H,31,32)(H,33,34). The minimum absolute atomic E-state index is 0.237. The molecule has 7 nitrogen and oxygen atoms in total. The van der Waals surface area contributed by atoms with Crippen LogP contribution in [0.15, 0.2) is 72.5 Å². The first-order chi connectivity index (χ1) is 17.8. The van der Waals surface area contributed by atoms with Gasteiger partial charge >= 0.3 is 0 Å². The van der Waals surface area contributed by atoms with E-state index in [0.717, 1.165) is 76.1 Å². The van der Waals surface area contributed by atoms with Crippen LogP contribution in [-0.4, -0.2) is 44.3 Å². The van der Waals surface area contributed by atoms with E-state index in [2.05, 4.69) is 84.4 Å². The number of H-pyrrole nitrogens is 2. The molecule has 1 aliphatic rings. The van der Waals surface area contributed by atoms with Crippen LogP contribution in [0.5, 0.6) is 5.75 Å². The molecule has 0 saturated carbocycles. The van der Waals surface area contributed by atoms with Gasteiger partial charge in [-0.2, -0.15) is 5.10 Å². The summed E-state index contributed by atoms with van der Waals surface area (Å²) < 4.78 is 6.23. The van der Waals surface area contributed by atoms with Crippen LogP contribution in [0.3, 0.4) is 0 Å². The molecule has 6 aromatic rings. The van der Waals surface area contributed by atoms with Crippen LogP contribution in [0.4, 0.5) is 0 Å². The number of benzene rings is 1. The molecule has 0 aliphatic carbocycles. The molecule has 8 heteroatoms. The van der Waals surface area contributed by atoms with Crippen molar-refractivity contribution in [2.24, 2.45) is 0 Å². The summed E-state index contributed by atoms with van der Waals surface area (Å²) in [5.41, 5.74) is 6.91. The zero-order chi connectivity index (χ0) is 23.9. The molecule has 1 aliphatic heterocycles. The van der Waals surface area contributed by atoms with Crippen LogP contribution < -0.4 is 10.1 Å². The molecule has 1 saturated heterocycles. The number of fused-ring (bicyclic) bond motifs is 2. The SMILES string of the molecule is c1csc(-c2ccnc3[nH]c(-c4n[nH]c5ccc(-c6cncc(OC7CCNCC7)c6)cc45)cc23)c1. The van der Waals surface area contributed by atoms with E-state index in [-0.39, 0.29) is 6.10 Å². The van der Waals surface area contributed by atoms with Crippen LogP contribution in [0, 0.1) is 0 Å². The van der Waals surface area contributed by atoms with E-state index < -0.39 is 0 Å². The lowest BCUT2D eigenvalue weighted by Crippen LogP contribution is -2.34. The fraction of sp³-hybridized carbons (Fsp3) is 0.179. The lowest BCUT2D eigenvalue weighted by atomic mass is 10.0. The number of nitrogens with one attached hydrogen (secondary N) is 3. The first-order valence-electron chi connectivity index (χ1n) is 12.1. The predicted molar refractivity (Wildman–Crippen MR) is 144 cm³/mol. The average Bonchev–Trinajstić information content (AvgIpc) is 3.68. The van der Waals surface area contributed by atoms with Gasteiger partial charge < -0.3 is 15.0 Å². The summed E-state index contributed by atoms with van der Waals surface area (Å²) in [6.07, 6.45) is 7.81. The molecule has 5 aromatic heterocycles. The molecule has 0 atom stereocenters. The van der Waals surface area contributed by atoms with E-state index in [9.17, 15) is 0 Å². The number of hydrogen-bond acceptors (Lipinski definition) is 6. The highest BCUT2D eigenvalue weighted by Gasteiger charge is 2.17. The van der Waals surface area contributed by atoms with Gasteiger partial charge in [-0.1, -0.05) is 12.1 Å². The number of thiophene rings is 1. The molecule has 0 amide bonds. The Morgan fingerprint density at radius 1 is 0.944 bits per heavy atom. The van der Waals surface area contributed by atoms with Crippen molar-refractivity contribution in [3.8, 4) is 38.7 Å². The lowest BCUT2D eigenvalue weighted by molar-refractivity contribution is 0.162. The first-order valence-corrected chi connectivity index (χ1v) is 13.0. The third kappa shape index (κ3) is 3.84. The number of aromatic nitrogens is 5. The Morgan fingerprint density at radius 3 is 2.78 bits per heavy atom. The van der Waals surface area contributed by atoms with Gasteiger partial charge in [-0.3, -0.25) is 10.1 Å². The molecular weight excluding hydrogens is 468 g/mol. The molecule has 1 fully saturated rings. The lowest BCUT2D eigenvalue weighted by Gasteiger charge is -2.23. The number of nitrogens with zero attached hydrogens (tertiary/aromatic N) is 3. The average molecular weight is 493 g/mol. The molecular formula is C28H24N6OS. The van der Waals surface area contributed by atoms with Crippen molar-refractivity contribution in [3.63, 3.8) is 0 Å². The van der Waals surface area contributed by atoms with E-state index in [1.807, 2.05) is 12.4 Å². The Kier molecular flexibility index (Phi) is 5.26. The largest absolute Gasteiger partial charge is 0.489 e. The van der Waals surface area contributed by atoms with E-state index in [0.29, 0.717) is 0 Å². The first kappa shape index (κ1) is 21.3. The molecule has 6 heterocycles. The highest BCUT2D eigenvalue weighted by molar-refractivity contribution is 7.13. The second-order valence-corrected chi connectivity index (χ2v) is 10.0. The highest BCUT2D eigenvalue weighted by Crippen LogP contribution is 2.36. The minimum atomic E-state index is 0.237. The predicted octanol–water partition coefficient (Wildman–Crippen LogP) is 6.03. The molecule has 0 radical (unpaired) electrons. The van der Waals surface area contributed by atoms with E-state index in [1.165, 1.54) is 10.4 Å². The molecule has 7 rings (SSSR count). The monoisotopic (exact) mass is 492 g/mol. The third-order valence-electron chi connectivity index (χ3n) is 6.77. The molecule has 0 unspecified atom stereocenters. The van der Waals surface area contributed by atoms with E-state index >= 15 is 0 Å². The Balaban J connectivity index is 1.26. The van der Waals surface area contributed by atoms with Gasteiger partial charge in [-0.25, -0.2) is 4.98 Å². The van der Waals surface area contributed by atoms with Crippen molar-refractivity contribution in [3.05, 3.63) is 72.5 Å². The van der Waals surface area contributed by atoms with Gasteiger partial charge in [-0.15, -0.1) is 11.3 Å². The van der Waals surface area contributed by atoms with Crippen molar-refractivity contribution >= 4 is 33.3 Å². The zero-order valence-corrected chi connectivity index (χ0v) is 20.3. The van der Waals surface area contributed by atoms with E-state index in [4.69, 9.17) is 4.74 Å². The van der Waals surface area contributed by atoms with Crippen molar-refractivity contribution in [2.75, 3.05) is 13.1 Å². The minimum Gasteiger partial charge on any atom is -0.489 e. The Bertz CT molecular complexity index is 1660. The third-order valence-corrected chi connectivity index (χ3v) is 7.68. The summed E-state index contributed by atoms with van der Waals surface area (Å²) in [7, 11) is 0. The summed E-state index contributed by atoms with van der Waals surface area (Å²) in [4.78, 5) is 13.7. The Labute approximate surface area is 211 Å². The molecule has 0 spiro atoms. The van der Waals surface area contributed by atoms with Crippen molar-refractivity contribution < 1.29 is 4.74 Å². The second-order valence-electron chi connectivity index (χ2n) is 9.09. The van der Waals surface area contributed by atoms with Gasteiger partial charge in [0.2, 0.25) is 0 Å². The van der Waals surface area contributed by atoms with Gasteiger partial charge in [-0.05, 0) is 73.3 Å². The summed E-state index contributed by atoms with van der Waals surface area (Å²) in [6, 6.07) is 16.8. The highest BCUT2D eigenvalue weighted by atomic mass is 32.1. The van der Waals surface area contributed by atoms with Crippen molar-refractivity contribution in [1.29, 1.82) is 0 Å². The number of hydrogen-bond donors (Lipinski definition) is 3. The molecule has 178 valence electrons. The van der Waals surface area contributed by atoms with Gasteiger partial charge in [0, 0.05) is 39.2 Å². The quantitative estimate of drug-likeness (QED) is 0.273. The van der Waals surface area contributed by atoms with Gasteiger partial charge in [0.1, 0.15) is 23.2 Å². The summed E-state index contributed by atoms with van der Waals surface area (Å²) >= 11 is 1.73. The molecule has 1 aromatic carbocycles. The van der Waals surface area contributed by atoms with Crippen molar-refractivity contribution in [1.82, 2.24) is 30.5 Å². The zero-order valence-electron chi connectivity index (χ0n) is 19.5. The fourth-order valence-electron chi connectivity index (χ4n) is 4.95. The van der Waals surface area contributed by atoms with Gasteiger partial charge in [0.05, 0.1) is 17.4 Å². The molecule has 3 N–H and O–H groups in total. The summed E-state index contributed by atoms with van der Waals surface area (Å²) in [5.74, 6) is 0.815. The van der Waals surface area contributed by atoms with Gasteiger partial charge in [0.15, 0.2) is 0 Å². The number of aromatic amines is 2. The normalized spacial score (nSPS) is 14.6. The van der Waals surface area contributed by atoms with Gasteiger partial charge in [0.25, 0.3) is 0 Å². The number of pyridine rings is 2. The maximum Gasteiger partial charge on any atom is 0.138 e.